The molecule has 2 aromatic rings. The van der Waals surface area contributed by atoms with Crippen LogP contribution in [0.15, 0.2) is 47.4 Å². The first-order valence-electron chi connectivity index (χ1n) is 6.62. The smallest absolute Gasteiger partial charge is 0.251 e. The Morgan fingerprint density at radius 2 is 2.00 bits per heavy atom. The van der Waals surface area contributed by atoms with Crippen molar-refractivity contribution in [1.29, 1.82) is 0 Å². The molecule has 3 rings (SSSR count). The number of rotatable bonds is 2. The van der Waals surface area contributed by atoms with Crippen molar-refractivity contribution in [1.82, 2.24) is 5.32 Å². The molecule has 0 saturated carbocycles. The second kappa shape index (κ2) is 6.08. The van der Waals surface area contributed by atoms with E-state index in [0.717, 1.165) is 22.6 Å². The summed E-state index contributed by atoms with van der Waals surface area (Å²) in [7, 11) is 0. The van der Waals surface area contributed by atoms with Crippen LogP contribution in [-0.4, -0.2) is 11.7 Å². The lowest BCUT2D eigenvalue weighted by molar-refractivity contribution is 0.0935. The molecule has 1 aliphatic heterocycles. The third kappa shape index (κ3) is 3.22. The molecule has 1 atom stereocenters. The largest absolute Gasteiger partial charge is 0.345 e. The van der Waals surface area contributed by atoms with Gasteiger partial charge in [-0.15, -0.1) is 11.8 Å². The molecule has 0 aliphatic carbocycles. The molecule has 1 N–H and O–H groups in total. The van der Waals surface area contributed by atoms with E-state index in [1.807, 2.05) is 18.2 Å². The van der Waals surface area contributed by atoms with E-state index < -0.39 is 0 Å². The van der Waals surface area contributed by atoms with Gasteiger partial charge in [-0.05, 0) is 54.4 Å². The summed E-state index contributed by atoms with van der Waals surface area (Å²) in [5.74, 6) is 0.402. The highest BCUT2D eigenvalue weighted by molar-refractivity contribution is 7.99. The topological polar surface area (TPSA) is 29.1 Å². The Kier molecular flexibility index (Phi) is 4.17. The summed E-state index contributed by atoms with van der Waals surface area (Å²) < 4.78 is 12.9. The first-order valence-corrected chi connectivity index (χ1v) is 7.98. The zero-order valence-electron chi connectivity index (χ0n) is 11.1. The van der Waals surface area contributed by atoms with Crippen LogP contribution in [0, 0.1) is 5.82 Å². The molecule has 1 aliphatic rings. The minimum Gasteiger partial charge on any atom is -0.345 e. The number of hydrogen-bond donors (Lipinski definition) is 1. The van der Waals surface area contributed by atoms with Crippen molar-refractivity contribution in [2.45, 2.75) is 17.4 Å². The highest BCUT2D eigenvalue weighted by atomic mass is 35.5. The number of carbonyl (C=O) groups excluding carboxylic acids is 1. The van der Waals surface area contributed by atoms with Gasteiger partial charge in [-0.25, -0.2) is 4.39 Å². The molecule has 0 aromatic heterocycles. The highest BCUT2D eigenvalue weighted by Gasteiger charge is 2.23. The van der Waals surface area contributed by atoms with Gasteiger partial charge in [0.1, 0.15) is 5.82 Å². The van der Waals surface area contributed by atoms with E-state index in [9.17, 15) is 9.18 Å². The summed E-state index contributed by atoms with van der Waals surface area (Å²) >= 11 is 7.82. The Labute approximate surface area is 131 Å². The normalized spacial score (nSPS) is 17.1. The van der Waals surface area contributed by atoms with Crippen LogP contribution >= 0.6 is 23.4 Å². The molecule has 0 bridgehead atoms. The first-order chi connectivity index (χ1) is 10.1. The van der Waals surface area contributed by atoms with Gasteiger partial charge in [0.2, 0.25) is 0 Å². The van der Waals surface area contributed by atoms with Gasteiger partial charge in [0.15, 0.2) is 0 Å². The Balaban J connectivity index is 1.81. The van der Waals surface area contributed by atoms with E-state index in [1.165, 1.54) is 24.3 Å². The zero-order valence-corrected chi connectivity index (χ0v) is 12.7. The van der Waals surface area contributed by atoms with E-state index in [-0.39, 0.29) is 17.8 Å². The summed E-state index contributed by atoms with van der Waals surface area (Å²) in [6, 6.07) is 11.2. The Hall–Kier alpha value is -1.52. The van der Waals surface area contributed by atoms with Crippen molar-refractivity contribution in [2.24, 2.45) is 0 Å². The van der Waals surface area contributed by atoms with E-state index >= 15 is 0 Å². The number of halogens is 2. The van der Waals surface area contributed by atoms with Crippen molar-refractivity contribution >= 4 is 29.3 Å². The van der Waals surface area contributed by atoms with Crippen molar-refractivity contribution < 1.29 is 9.18 Å². The lowest BCUT2D eigenvalue weighted by Crippen LogP contribution is -2.30. The molecule has 5 heteroatoms. The van der Waals surface area contributed by atoms with Gasteiger partial charge < -0.3 is 5.32 Å². The van der Waals surface area contributed by atoms with E-state index in [4.69, 9.17) is 11.6 Å². The predicted molar refractivity (Wildman–Crippen MR) is 83.4 cm³/mol. The predicted octanol–water partition coefficient (Wildman–Crippen LogP) is 4.45. The van der Waals surface area contributed by atoms with Crippen molar-refractivity contribution in [3.63, 3.8) is 0 Å². The van der Waals surface area contributed by atoms with Crippen LogP contribution in [0.1, 0.15) is 28.4 Å². The fourth-order valence-electron chi connectivity index (χ4n) is 2.36. The standard InChI is InChI=1S/C16H13ClFNOS/c17-11-3-6-15-13(9-11)14(7-8-21-15)19-16(20)10-1-4-12(18)5-2-10/h1-6,9,14H,7-8H2,(H,19,20). The van der Waals surface area contributed by atoms with Crippen molar-refractivity contribution in [3.8, 4) is 0 Å². The first kappa shape index (κ1) is 14.4. The second-order valence-corrected chi connectivity index (χ2v) is 6.43. The van der Waals surface area contributed by atoms with Gasteiger partial charge in [0.05, 0.1) is 6.04 Å². The molecular formula is C16H13ClFNOS. The molecule has 108 valence electrons. The van der Waals surface area contributed by atoms with Crippen LogP contribution < -0.4 is 5.32 Å². The maximum absolute atomic E-state index is 12.9. The summed E-state index contributed by atoms with van der Waals surface area (Å²) in [5, 5.41) is 3.67. The molecule has 2 nitrogen and oxygen atoms in total. The third-order valence-electron chi connectivity index (χ3n) is 3.42. The molecule has 0 radical (unpaired) electrons. The Morgan fingerprint density at radius 3 is 2.76 bits per heavy atom. The number of amides is 1. The fourth-order valence-corrected chi connectivity index (χ4v) is 3.64. The number of thioether (sulfide) groups is 1. The van der Waals surface area contributed by atoms with Crippen molar-refractivity contribution in [2.75, 3.05) is 5.75 Å². The lowest BCUT2D eigenvalue weighted by atomic mass is 10.0. The average Bonchev–Trinajstić information content (AvgIpc) is 2.48. The number of fused-ring (bicyclic) bond motifs is 1. The maximum Gasteiger partial charge on any atom is 0.251 e. The molecule has 21 heavy (non-hydrogen) atoms. The van der Waals surface area contributed by atoms with Crippen LogP contribution in [0.2, 0.25) is 5.02 Å². The van der Waals surface area contributed by atoms with Gasteiger partial charge in [0.25, 0.3) is 5.91 Å². The van der Waals surface area contributed by atoms with Crippen molar-refractivity contribution in [3.05, 3.63) is 64.4 Å². The van der Waals surface area contributed by atoms with E-state index in [1.54, 1.807) is 11.8 Å². The Bertz CT molecular complexity index is 674. The summed E-state index contributed by atoms with van der Waals surface area (Å²) in [6.45, 7) is 0. The van der Waals surface area contributed by atoms with Gasteiger partial charge in [-0.1, -0.05) is 11.6 Å². The van der Waals surface area contributed by atoms with E-state index in [2.05, 4.69) is 5.32 Å². The molecule has 0 fully saturated rings. The summed E-state index contributed by atoms with van der Waals surface area (Å²) in [4.78, 5) is 13.4. The molecule has 0 spiro atoms. The summed E-state index contributed by atoms with van der Waals surface area (Å²) in [5.41, 5.74) is 1.51. The SMILES string of the molecule is O=C(NC1CCSc2ccc(Cl)cc21)c1ccc(F)cc1. The van der Waals surface area contributed by atoms with Gasteiger partial charge in [0, 0.05) is 21.2 Å². The van der Waals surface area contributed by atoms with Crippen LogP contribution in [0.25, 0.3) is 0 Å². The van der Waals surface area contributed by atoms with Crippen LogP contribution in [0.5, 0.6) is 0 Å². The minimum absolute atomic E-state index is 0.0579. The van der Waals surface area contributed by atoms with Gasteiger partial charge >= 0.3 is 0 Å². The van der Waals surface area contributed by atoms with E-state index in [0.29, 0.717) is 10.6 Å². The number of hydrogen-bond acceptors (Lipinski definition) is 2. The molecule has 2 aromatic carbocycles. The third-order valence-corrected chi connectivity index (χ3v) is 4.78. The van der Waals surface area contributed by atoms with Crippen LogP contribution in [0.3, 0.4) is 0 Å². The lowest BCUT2D eigenvalue weighted by Gasteiger charge is -2.26. The van der Waals surface area contributed by atoms with Gasteiger partial charge in [-0.3, -0.25) is 4.79 Å². The second-order valence-electron chi connectivity index (χ2n) is 4.85. The molecule has 0 saturated heterocycles. The van der Waals surface area contributed by atoms with Crippen LogP contribution in [-0.2, 0) is 0 Å². The van der Waals surface area contributed by atoms with Gasteiger partial charge in [-0.2, -0.15) is 0 Å². The van der Waals surface area contributed by atoms with Crippen LogP contribution in [0.4, 0.5) is 4.39 Å². The molecule has 1 unspecified atom stereocenters. The maximum atomic E-state index is 12.9. The zero-order chi connectivity index (χ0) is 14.8. The number of nitrogens with one attached hydrogen (secondary N) is 1. The highest BCUT2D eigenvalue weighted by Crippen LogP contribution is 2.37. The Morgan fingerprint density at radius 1 is 1.24 bits per heavy atom. The number of benzene rings is 2. The molecule has 1 heterocycles. The minimum atomic E-state index is -0.349. The molecule has 1 amide bonds. The number of carbonyl (C=O) groups is 1. The summed E-state index contributed by atoms with van der Waals surface area (Å²) in [6.07, 6.45) is 0.852. The molecular weight excluding hydrogens is 309 g/mol. The monoisotopic (exact) mass is 321 g/mol. The quantitative estimate of drug-likeness (QED) is 0.885. The fraction of sp³-hybridized carbons (Fsp3) is 0.188. The average molecular weight is 322 g/mol.